The Bertz CT molecular complexity index is 764. The van der Waals surface area contributed by atoms with Gasteiger partial charge in [-0.25, -0.2) is 12.8 Å². The summed E-state index contributed by atoms with van der Waals surface area (Å²) in [6.45, 7) is 0. The monoisotopic (exact) mass is 330 g/mol. The zero-order valence-electron chi connectivity index (χ0n) is 10.9. The van der Waals surface area contributed by atoms with Crippen LogP contribution in [0.5, 0.6) is 5.75 Å². The van der Waals surface area contributed by atoms with Crippen LogP contribution in [0.1, 0.15) is 0 Å². The molecule has 0 aromatic heterocycles. The Balaban J connectivity index is 2.38. The van der Waals surface area contributed by atoms with Crippen molar-refractivity contribution in [1.82, 2.24) is 0 Å². The molecule has 112 valence electrons. The number of nitrogen functional groups attached to an aromatic ring is 1. The third kappa shape index (κ3) is 3.37. The second kappa shape index (κ2) is 5.79. The highest BCUT2D eigenvalue weighted by molar-refractivity contribution is 7.92. The van der Waals surface area contributed by atoms with Gasteiger partial charge in [0.05, 0.1) is 12.8 Å². The number of methoxy groups -OCH3 is 1. The van der Waals surface area contributed by atoms with E-state index in [4.69, 9.17) is 22.1 Å². The quantitative estimate of drug-likeness (QED) is 0.845. The van der Waals surface area contributed by atoms with E-state index in [1.807, 2.05) is 0 Å². The van der Waals surface area contributed by atoms with Gasteiger partial charge >= 0.3 is 0 Å². The molecule has 0 aliphatic carbocycles. The number of rotatable bonds is 4. The highest BCUT2D eigenvalue weighted by atomic mass is 35.5. The Labute approximate surface area is 126 Å². The van der Waals surface area contributed by atoms with Crippen molar-refractivity contribution < 1.29 is 17.5 Å². The number of halogens is 2. The van der Waals surface area contributed by atoms with Crippen LogP contribution >= 0.6 is 11.6 Å². The number of hydrogen-bond acceptors (Lipinski definition) is 4. The second-order valence-corrected chi connectivity index (χ2v) is 6.23. The molecule has 0 radical (unpaired) electrons. The average molecular weight is 331 g/mol. The van der Waals surface area contributed by atoms with Crippen LogP contribution in [-0.4, -0.2) is 15.5 Å². The third-order valence-electron chi connectivity index (χ3n) is 2.66. The fourth-order valence-corrected chi connectivity index (χ4v) is 3.13. The summed E-state index contributed by atoms with van der Waals surface area (Å²) in [5, 5.41) is 0.0315. The number of nitrogens with one attached hydrogen (secondary N) is 1. The van der Waals surface area contributed by atoms with Gasteiger partial charge in [-0.2, -0.15) is 0 Å². The molecule has 0 aliphatic rings. The number of ether oxygens (including phenoxy) is 1. The van der Waals surface area contributed by atoms with Crippen LogP contribution < -0.4 is 15.2 Å². The van der Waals surface area contributed by atoms with Crippen molar-refractivity contribution >= 4 is 33.0 Å². The van der Waals surface area contributed by atoms with E-state index in [1.54, 1.807) is 12.1 Å². The molecule has 2 aromatic carbocycles. The number of sulfonamides is 1. The zero-order valence-corrected chi connectivity index (χ0v) is 12.5. The predicted molar refractivity (Wildman–Crippen MR) is 79.6 cm³/mol. The summed E-state index contributed by atoms with van der Waals surface area (Å²) >= 11 is 5.72. The van der Waals surface area contributed by atoms with Gasteiger partial charge in [0.25, 0.3) is 10.0 Å². The van der Waals surface area contributed by atoms with Crippen molar-refractivity contribution in [2.75, 3.05) is 17.6 Å². The molecule has 0 atom stereocenters. The summed E-state index contributed by atoms with van der Waals surface area (Å²) in [6, 6.07) is 8.26. The van der Waals surface area contributed by atoms with Crippen LogP contribution in [-0.2, 0) is 10.0 Å². The molecule has 8 heteroatoms. The van der Waals surface area contributed by atoms with Gasteiger partial charge in [-0.15, -0.1) is 0 Å². The topological polar surface area (TPSA) is 81.4 Å². The van der Waals surface area contributed by atoms with Crippen molar-refractivity contribution in [2.45, 2.75) is 4.90 Å². The molecule has 0 heterocycles. The fourth-order valence-electron chi connectivity index (χ4n) is 1.65. The van der Waals surface area contributed by atoms with Crippen molar-refractivity contribution in [3.8, 4) is 5.75 Å². The van der Waals surface area contributed by atoms with E-state index in [9.17, 15) is 12.8 Å². The first kappa shape index (κ1) is 15.4. The zero-order chi connectivity index (χ0) is 15.6. The highest BCUT2D eigenvalue weighted by Crippen LogP contribution is 2.27. The van der Waals surface area contributed by atoms with Crippen molar-refractivity contribution in [3.05, 3.63) is 47.2 Å². The molecule has 0 aliphatic heterocycles. The molecule has 0 fully saturated rings. The van der Waals surface area contributed by atoms with Crippen LogP contribution in [0, 0.1) is 5.82 Å². The van der Waals surface area contributed by atoms with Crippen LogP contribution in [0.25, 0.3) is 0 Å². The maximum absolute atomic E-state index is 13.9. The molecule has 3 N–H and O–H groups in total. The minimum atomic E-state index is -4.14. The second-order valence-electron chi connectivity index (χ2n) is 4.14. The van der Waals surface area contributed by atoms with Crippen molar-refractivity contribution in [3.63, 3.8) is 0 Å². The summed E-state index contributed by atoms with van der Waals surface area (Å²) in [5.41, 5.74) is 5.30. The molecule has 21 heavy (non-hydrogen) atoms. The van der Waals surface area contributed by atoms with Crippen LogP contribution in [0.4, 0.5) is 15.8 Å². The first-order valence-corrected chi connectivity index (χ1v) is 7.61. The lowest BCUT2D eigenvalue weighted by molar-refractivity contribution is 0.415. The van der Waals surface area contributed by atoms with E-state index in [-0.39, 0.29) is 16.4 Å². The maximum atomic E-state index is 13.9. The normalized spacial score (nSPS) is 11.2. The number of hydrogen-bond donors (Lipinski definition) is 2. The Morgan fingerprint density at radius 1 is 1.24 bits per heavy atom. The third-order valence-corrected chi connectivity index (χ3v) is 4.26. The minimum Gasteiger partial charge on any atom is -0.497 e. The number of nitrogens with two attached hydrogens (primary N) is 1. The molecular weight excluding hydrogens is 319 g/mol. The molecule has 0 unspecified atom stereocenters. The van der Waals surface area contributed by atoms with Gasteiger partial charge in [0.15, 0.2) is 5.82 Å². The van der Waals surface area contributed by atoms with E-state index in [0.29, 0.717) is 5.75 Å². The smallest absolute Gasteiger partial charge is 0.264 e. The molecule has 5 nitrogen and oxygen atoms in total. The Kier molecular flexibility index (Phi) is 4.24. The van der Waals surface area contributed by atoms with Crippen LogP contribution in [0.3, 0.4) is 0 Å². The summed E-state index contributed by atoms with van der Waals surface area (Å²) in [6.07, 6.45) is 0. The molecule has 0 saturated carbocycles. The van der Waals surface area contributed by atoms with Crippen LogP contribution in [0.15, 0.2) is 41.3 Å². The SMILES string of the molecule is COc1ccc(NS(=O)(=O)c2cc(Cl)cc(N)c2F)cc1. The summed E-state index contributed by atoms with van der Waals surface area (Å²) in [4.78, 5) is -0.608. The summed E-state index contributed by atoms with van der Waals surface area (Å²) in [5.74, 6) is -0.475. The van der Waals surface area contributed by atoms with Gasteiger partial charge in [0, 0.05) is 10.7 Å². The summed E-state index contributed by atoms with van der Waals surface area (Å²) in [7, 11) is -2.65. The summed E-state index contributed by atoms with van der Waals surface area (Å²) < 4.78 is 45.5. The minimum absolute atomic E-state index is 0.0315. The molecule has 2 rings (SSSR count). The van der Waals surface area contributed by atoms with E-state index < -0.39 is 20.7 Å². The van der Waals surface area contributed by atoms with Gasteiger partial charge in [-0.1, -0.05) is 11.6 Å². The lowest BCUT2D eigenvalue weighted by atomic mass is 10.3. The van der Waals surface area contributed by atoms with Crippen molar-refractivity contribution in [1.29, 1.82) is 0 Å². The predicted octanol–water partition coefficient (Wildman–Crippen LogP) is 2.87. The standard InChI is InChI=1S/C13H12ClFN2O3S/c1-20-10-4-2-9(3-5-10)17-21(18,19)12-7-8(14)6-11(16)13(12)15/h2-7,17H,16H2,1H3. The molecular formula is C13H12ClFN2O3S. The Morgan fingerprint density at radius 3 is 2.43 bits per heavy atom. The van der Waals surface area contributed by atoms with E-state index in [0.717, 1.165) is 12.1 Å². The van der Waals surface area contributed by atoms with E-state index in [1.165, 1.54) is 19.2 Å². The lowest BCUT2D eigenvalue weighted by Gasteiger charge is -2.11. The van der Waals surface area contributed by atoms with E-state index in [2.05, 4.69) is 4.72 Å². The van der Waals surface area contributed by atoms with Gasteiger partial charge in [0.1, 0.15) is 10.6 Å². The van der Waals surface area contributed by atoms with Gasteiger partial charge in [-0.05, 0) is 36.4 Å². The number of anilines is 2. The maximum Gasteiger partial charge on any atom is 0.264 e. The number of benzene rings is 2. The Hall–Kier alpha value is -1.99. The van der Waals surface area contributed by atoms with Gasteiger partial charge < -0.3 is 10.5 Å². The first-order valence-electron chi connectivity index (χ1n) is 5.75. The van der Waals surface area contributed by atoms with Gasteiger partial charge in [-0.3, -0.25) is 4.72 Å². The average Bonchev–Trinajstić information content (AvgIpc) is 2.43. The molecule has 0 amide bonds. The molecule has 2 aromatic rings. The van der Waals surface area contributed by atoms with Crippen LogP contribution in [0.2, 0.25) is 5.02 Å². The van der Waals surface area contributed by atoms with Crippen molar-refractivity contribution in [2.24, 2.45) is 0 Å². The first-order chi connectivity index (χ1) is 9.83. The largest absolute Gasteiger partial charge is 0.497 e. The molecule has 0 saturated heterocycles. The molecule has 0 bridgehead atoms. The Morgan fingerprint density at radius 2 is 1.86 bits per heavy atom. The van der Waals surface area contributed by atoms with Gasteiger partial charge in [0.2, 0.25) is 0 Å². The highest BCUT2D eigenvalue weighted by Gasteiger charge is 2.22. The fraction of sp³-hybridized carbons (Fsp3) is 0.0769. The molecule has 0 spiro atoms. The lowest BCUT2D eigenvalue weighted by Crippen LogP contribution is -2.15. The van der Waals surface area contributed by atoms with E-state index >= 15 is 0 Å².